The van der Waals surface area contributed by atoms with Crippen LogP contribution in [0.1, 0.15) is 33.6 Å². The number of hydrogen-bond acceptors (Lipinski definition) is 4. The molecule has 0 spiro atoms. The first-order valence-electron chi connectivity index (χ1n) is 6.89. The van der Waals surface area contributed by atoms with Crippen molar-refractivity contribution in [2.24, 2.45) is 5.92 Å². The molecule has 1 heterocycles. The third-order valence-corrected chi connectivity index (χ3v) is 4.74. The molecule has 3 rings (SSSR count). The summed E-state index contributed by atoms with van der Waals surface area (Å²) in [6.07, 6.45) is 0.553. The average Bonchev–Trinajstić information content (AvgIpc) is 3.03. The van der Waals surface area contributed by atoms with E-state index < -0.39 is 10.3 Å². The molecule has 1 fully saturated rings. The molecule has 22 heavy (non-hydrogen) atoms. The zero-order valence-electron chi connectivity index (χ0n) is 11.6. The number of imide groups is 1. The van der Waals surface area contributed by atoms with Gasteiger partial charge < -0.3 is 4.74 Å². The van der Waals surface area contributed by atoms with E-state index >= 15 is 0 Å². The van der Waals surface area contributed by atoms with Crippen LogP contribution in [0.3, 0.4) is 0 Å². The lowest BCUT2D eigenvalue weighted by Crippen LogP contribution is -2.32. The van der Waals surface area contributed by atoms with E-state index in [9.17, 15) is 14.4 Å². The molecule has 0 saturated heterocycles. The summed E-state index contributed by atoms with van der Waals surface area (Å²) >= 11 is 11.7. The quantitative estimate of drug-likeness (QED) is 0.468. The van der Waals surface area contributed by atoms with Crippen LogP contribution < -0.4 is 0 Å². The van der Waals surface area contributed by atoms with E-state index in [0.717, 1.165) is 4.90 Å². The van der Waals surface area contributed by atoms with Crippen LogP contribution in [0.25, 0.3) is 0 Å². The molecule has 0 unspecified atom stereocenters. The highest BCUT2D eigenvalue weighted by atomic mass is 35.5. The molecule has 0 bridgehead atoms. The molecule has 1 saturated carbocycles. The highest BCUT2D eigenvalue weighted by Crippen LogP contribution is 2.53. The Morgan fingerprint density at radius 1 is 1.23 bits per heavy atom. The van der Waals surface area contributed by atoms with Crippen molar-refractivity contribution in [3.05, 3.63) is 35.4 Å². The van der Waals surface area contributed by atoms with E-state index in [1.165, 1.54) is 0 Å². The SMILES string of the molecule is O=C(CCN1C(=O)c2ccccc2C1=O)OC[C@@H]1CC1(Cl)Cl. The van der Waals surface area contributed by atoms with Gasteiger partial charge in [-0.3, -0.25) is 19.3 Å². The fraction of sp³-hybridized carbons (Fsp3) is 0.400. The molecule has 7 heteroatoms. The van der Waals surface area contributed by atoms with Gasteiger partial charge in [0.05, 0.1) is 24.2 Å². The summed E-state index contributed by atoms with van der Waals surface area (Å²) in [6.45, 7) is 0.163. The number of esters is 1. The normalized spacial score (nSPS) is 21.7. The van der Waals surface area contributed by atoms with Gasteiger partial charge in [-0.25, -0.2) is 0 Å². The van der Waals surface area contributed by atoms with Crippen LogP contribution in [-0.2, 0) is 9.53 Å². The second-order valence-corrected chi connectivity index (χ2v) is 6.95. The topological polar surface area (TPSA) is 63.7 Å². The van der Waals surface area contributed by atoms with Crippen LogP contribution in [0.4, 0.5) is 0 Å². The van der Waals surface area contributed by atoms with E-state index in [1.54, 1.807) is 24.3 Å². The van der Waals surface area contributed by atoms with Crippen LogP contribution in [0, 0.1) is 5.92 Å². The van der Waals surface area contributed by atoms with E-state index in [1.807, 2.05) is 0 Å². The maximum Gasteiger partial charge on any atom is 0.307 e. The monoisotopic (exact) mass is 341 g/mol. The van der Waals surface area contributed by atoms with Gasteiger partial charge >= 0.3 is 5.97 Å². The number of carbonyl (C=O) groups excluding carboxylic acids is 3. The van der Waals surface area contributed by atoms with Crippen molar-refractivity contribution in [1.29, 1.82) is 0 Å². The molecule has 1 aromatic rings. The Kier molecular flexibility index (Phi) is 3.87. The fourth-order valence-corrected chi connectivity index (χ4v) is 2.86. The van der Waals surface area contributed by atoms with E-state index in [0.29, 0.717) is 17.5 Å². The molecule has 1 aliphatic carbocycles. The minimum atomic E-state index is -0.789. The zero-order chi connectivity index (χ0) is 15.9. The highest BCUT2D eigenvalue weighted by Gasteiger charge is 2.52. The number of halogens is 2. The Morgan fingerprint density at radius 3 is 2.27 bits per heavy atom. The maximum absolute atomic E-state index is 12.1. The highest BCUT2D eigenvalue weighted by molar-refractivity contribution is 6.50. The lowest BCUT2D eigenvalue weighted by atomic mass is 10.1. The standard InChI is InChI=1S/C15H13Cl2NO4/c16-15(17)7-9(15)8-22-12(19)5-6-18-13(20)10-3-1-2-4-11(10)14(18)21/h1-4,9H,5-8H2/t9-/m0/s1. The van der Waals surface area contributed by atoms with Crippen molar-refractivity contribution in [3.8, 4) is 0 Å². The molecule has 1 atom stereocenters. The molecule has 1 aromatic carbocycles. The molecule has 5 nitrogen and oxygen atoms in total. The van der Waals surface area contributed by atoms with Crippen molar-refractivity contribution in [1.82, 2.24) is 4.90 Å². The Labute approximate surface area is 137 Å². The lowest BCUT2D eigenvalue weighted by Gasteiger charge is -2.13. The number of nitrogens with zero attached hydrogens (tertiary/aromatic N) is 1. The summed E-state index contributed by atoms with van der Waals surface area (Å²) in [5, 5.41) is 0. The van der Waals surface area contributed by atoms with Crippen molar-refractivity contribution >= 4 is 41.0 Å². The predicted octanol–water partition coefficient (Wildman–Crippen LogP) is 2.41. The Bertz CT molecular complexity index is 624. The molecular formula is C15H13Cl2NO4. The molecule has 0 N–H and O–H groups in total. The van der Waals surface area contributed by atoms with Gasteiger partial charge in [-0.2, -0.15) is 0 Å². The molecule has 0 aromatic heterocycles. The second-order valence-electron chi connectivity index (χ2n) is 5.40. The van der Waals surface area contributed by atoms with Crippen LogP contribution in [0.15, 0.2) is 24.3 Å². The minimum Gasteiger partial charge on any atom is -0.465 e. The molecule has 116 valence electrons. The van der Waals surface area contributed by atoms with Crippen LogP contribution in [0.2, 0.25) is 0 Å². The number of alkyl halides is 2. The summed E-state index contributed by atoms with van der Waals surface area (Å²) in [5.41, 5.74) is 0.737. The molecular weight excluding hydrogens is 329 g/mol. The van der Waals surface area contributed by atoms with Crippen molar-refractivity contribution in [2.75, 3.05) is 13.2 Å². The Balaban J connectivity index is 1.51. The fourth-order valence-electron chi connectivity index (χ4n) is 2.36. The second kappa shape index (κ2) is 5.56. The third kappa shape index (κ3) is 2.83. The summed E-state index contributed by atoms with van der Waals surface area (Å²) < 4.78 is 4.26. The Hall–Kier alpha value is -1.59. The first-order chi connectivity index (χ1) is 10.4. The van der Waals surface area contributed by atoms with E-state index in [2.05, 4.69) is 0 Å². The van der Waals surface area contributed by atoms with Gasteiger partial charge in [0.15, 0.2) is 0 Å². The molecule has 0 radical (unpaired) electrons. The summed E-state index contributed by atoms with van der Waals surface area (Å²) in [7, 11) is 0. The smallest absolute Gasteiger partial charge is 0.307 e. The van der Waals surface area contributed by atoms with Gasteiger partial charge in [0.25, 0.3) is 11.8 Å². The van der Waals surface area contributed by atoms with Crippen molar-refractivity contribution in [3.63, 3.8) is 0 Å². The van der Waals surface area contributed by atoms with Gasteiger partial charge in [0, 0.05) is 12.5 Å². The number of ether oxygens (including phenoxy) is 1. The van der Waals surface area contributed by atoms with Crippen LogP contribution in [-0.4, -0.2) is 40.2 Å². The maximum atomic E-state index is 12.1. The van der Waals surface area contributed by atoms with Gasteiger partial charge in [-0.05, 0) is 18.6 Å². The number of carbonyl (C=O) groups is 3. The number of fused-ring (bicyclic) bond motifs is 1. The lowest BCUT2D eigenvalue weighted by molar-refractivity contribution is -0.144. The number of rotatable bonds is 5. The molecule has 2 aliphatic rings. The number of hydrogen-bond donors (Lipinski definition) is 0. The zero-order valence-corrected chi connectivity index (χ0v) is 13.1. The average molecular weight is 342 g/mol. The third-order valence-electron chi connectivity index (χ3n) is 3.82. The first-order valence-corrected chi connectivity index (χ1v) is 7.64. The molecule has 2 amide bonds. The summed E-state index contributed by atoms with van der Waals surface area (Å²) in [6, 6.07) is 6.59. The minimum absolute atomic E-state index is 0.00272. The summed E-state index contributed by atoms with van der Waals surface area (Å²) in [4.78, 5) is 36.9. The van der Waals surface area contributed by atoms with Gasteiger partial charge in [0.1, 0.15) is 4.33 Å². The number of amides is 2. The largest absolute Gasteiger partial charge is 0.465 e. The Morgan fingerprint density at radius 2 is 1.77 bits per heavy atom. The number of benzene rings is 1. The summed E-state index contributed by atoms with van der Waals surface area (Å²) in [5.74, 6) is -1.28. The van der Waals surface area contributed by atoms with Gasteiger partial charge in [0.2, 0.25) is 0 Å². The van der Waals surface area contributed by atoms with Crippen LogP contribution in [0.5, 0.6) is 0 Å². The molecule has 1 aliphatic heterocycles. The predicted molar refractivity (Wildman–Crippen MR) is 79.9 cm³/mol. The van der Waals surface area contributed by atoms with E-state index in [4.69, 9.17) is 27.9 Å². The van der Waals surface area contributed by atoms with Crippen LogP contribution >= 0.6 is 23.2 Å². The van der Waals surface area contributed by atoms with Gasteiger partial charge in [-0.1, -0.05) is 12.1 Å². The van der Waals surface area contributed by atoms with Crippen molar-refractivity contribution < 1.29 is 19.1 Å². The van der Waals surface area contributed by atoms with E-state index in [-0.39, 0.29) is 37.3 Å². The first kappa shape index (κ1) is 15.3. The van der Waals surface area contributed by atoms with Crippen molar-refractivity contribution in [2.45, 2.75) is 17.2 Å². The van der Waals surface area contributed by atoms with Gasteiger partial charge in [-0.15, -0.1) is 23.2 Å².